The molecule has 5 nitrogen and oxygen atoms in total. The number of fused-ring (bicyclic) bond motifs is 2. The Morgan fingerprint density at radius 3 is 3.00 bits per heavy atom. The van der Waals surface area contributed by atoms with Crippen molar-refractivity contribution in [3.63, 3.8) is 0 Å². The molecule has 2 aromatic heterocycles. The van der Waals surface area contributed by atoms with E-state index in [2.05, 4.69) is 51.2 Å². The van der Waals surface area contributed by atoms with Gasteiger partial charge in [0.15, 0.2) is 0 Å². The van der Waals surface area contributed by atoms with Crippen molar-refractivity contribution in [2.45, 2.75) is 39.3 Å². The summed E-state index contributed by atoms with van der Waals surface area (Å²) in [4.78, 5) is 8.98. The Morgan fingerprint density at radius 2 is 2.16 bits per heavy atom. The van der Waals surface area contributed by atoms with Gasteiger partial charge >= 0.3 is 0 Å². The molecule has 0 spiro atoms. The first-order valence-electron chi connectivity index (χ1n) is 9.01. The average Bonchev–Trinajstić information content (AvgIpc) is 3.13. The van der Waals surface area contributed by atoms with Crippen molar-refractivity contribution in [2.24, 2.45) is 10.9 Å². The van der Waals surface area contributed by atoms with Crippen molar-refractivity contribution in [3.8, 4) is 0 Å². The number of nitrogens with one attached hydrogen (secondary N) is 1. The van der Waals surface area contributed by atoms with Crippen molar-refractivity contribution >= 4 is 22.4 Å². The lowest BCUT2D eigenvalue weighted by Gasteiger charge is -2.25. The van der Waals surface area contributed by atoms with Crippen LogP contribution in [0.5, 0.6) is 0 Å². The Morgan fingerprint density at radius 1 is 1.24 bits per heavy atom. The summed E-state index contributed by atoms with van der Waals surface area (Å²) in [6.45, 7) is 3.79. The van der Waals surface area contributed by atoms with Crippen LogP contribution >= 0.6 is 0 Å². The van der Waals surface area contributed by atoms with Gasteiger partial charge in [0, 0.05) is 29.4 Å². The number of rotatable bonds is 3. The predicted octanol–water partition coefficient (Wildman–Crippen LogP) is 3.91. The minimum Gasteiger partial charge on any atom is -0.340 e. The van der Waals surface area contributed by atoms with E-state index in [4.69, 9.17) is 5.10 Å². The molecule has 5 rings (SSSR count). The topological polar surface area (TPSA) is 55.1 Å². The largest absolute Gasteiger partial charge is 0.340 e. The van der Waals surface area contributed by atoms with Crippen LogP contribution in [-0.2, 0) is 13.1 Å². The van der Waals surface area contributed by atoms with E-state index in [0.717, 1.165) is 40.9 Å². The quantitative estimate of drug-likeness (QED) is 0.791. The maximum Gasteiger partial charge on any atom is 0.135 e. The van der Waals surface area contributed by atoms with E-state index < -0.39 is 0 Å². The highest BCUT2D eigenvalue weighted by Crippen LogP contribution is 2.30. The summed E-state index contributed by atoms with van der Waals surface area (Å²) in [5.41, 5.74) is 5.50. The molecule has 5 heteroatoms. The van der Waals surface area contributed by atoms with E-state index in [9.17, 15) is 0 Å². The van der Waals surface area contributed by atoms with Crippen LogP contribution in [0.25, 0.3) is 10.9 Å². The molecule has 0 unspecified atom stereocenters. The lowest BCUT2D eigenvalue weighted by molar-refractivity contribution is 0.269. The molecule has 25 heavy (non-hydrogen) atoms. The monoisotopic (exact) mass is 331 g/mol. The van der Waals surface area contributed by atoms with E-state index >= 15 is 0 Å². The lowest BCUT2D eigenvalue weighted by Crippen LogP contribution is -2.18. The Labute approximate surface area is 146 Å². The smallest absolute Gasteiger partial charge is 0.135 e. The second-order valence-electron chi connectivity index (χ2n) is 7.08. The predicted molar refractivity (Wildman–Crippen MR) is 99.9 cm³/mol. The van der Waals surface area contributed by atoms with Gasteiger partial charge in [-0.2, -0.15) is 5.10 Å². The van der Waals surface area contributed by atoms with Gasteiger partial charge in [0.25, 0.3) is 0 Å². The molecule has 0 radical (unpaired) electrons. The first kappa shape index (κ1) is 14.6. The molecule has 2 aliphatic rings. The normalized spacial score (nSPS) is 16.6. The van der Waals surface area contributed by atoms with Crippen LogP contribution < -0.4 is 5.32 Å². The lowest BCUT2D eigenvalue weighted by atomic mass is 9.85. The van der Waals surface area contributed by atoms with Crippen molar-refractivity contribution < 1.29 is 0 Å². The molecule has 1 aliphatic heterocycles. The van der Waals surface area contributed by atoms with Gasteiger partial charge in [0.05, 0.1) is 23.4 Å². The van der Waals surface area contributed by atoms with Gasteiger partial charge in [-0.15, -0.1) is 0 Å². The molecule has 1 aromatic carbocycles. The zero-order valence-electron chi connectivity index (χ0n) is 14.4. The summed E-state index contributed by atoms with van der Waals surface area (Å²) >= 11 is 0. The average molecular weight is 331 g/mol. The minimum absolute atomic E-state index is 0.652. The number of hydrogen-bond acceptors (Lipinski definition) is 4. The molecule has 126 valence electrons. The van der Waals surface area contributed by atoms with Gasteiger partial charge in [-0.25, -0.2) is 0 Å². The highest BCUT2D eigenvalue weighted by Gasteiger charge is 2.20. The number of amidine groups is 1. The third kappa shape index (κ3) is 2.51. The first-order chi connectivity index (χ1) is 12.3. The summed E-state index contributed by atoms with van der Waals surface area (Å²) in [6.07, 6.45) is 5.87. The summed E-state index contributed by atoms with van der Waals surface area (Å²) in [5.74, 6) is 1.71. The van der Waals surface area contributed by atoms with Gasteiger partial charge in [0.1, 0.15) is 5.84 Å². The molecule has 0 bridgehead atoms. The number of benzene rings is 1. The van der Waals surface area contributed by atoms with Crippen LogP contribution in [0.2, 0.25) is 0 Å². The number of hydrogen-bond donors (Lipinski definition) is 1. The molecule has 1 aliphatic carbocycles. The summed E-state index contributed by atoms with van der Waals surface area (Å²) in [6, 6.07) is 10.5. The number of pyridine rings is 1. The first-order valence-corrected chi connectivity index (χ1v) is 9.01. The van der Waals surface area contributed by atoms with Crippen LogP contribution in [0.3, 0.4) is 0 Å². The Balaban J connectivity index is 1.44. The highest BCUT2D eigenvalue weighted by molar-refractivity contribution is 6.10. The Hall–Kier alpha value is -2.69. The fourth-order valence-corrected chi connectivity index (χ4v) is 3.74. The van der Waals surface area contributed by atoms with Crippen molar-refractivity contribution in [1.29, 1.82) is 0 Å². The van der Waals surface area contributed by atoms with Crippen LogP contribution in [-0.4, -0.2) is 20.6 Å². The third-order valence-electron chi connectivity index (χ3n) is 5.39. The fraction of sp³-hybridized carbons (Fsp3) is 0.350. The minimum atomic E-state index is 0.652. The van der Waals surface area contributed by atoms with Gasteiger partial charge in [0.2, 0.25) is 0 Å². The number of aryl methyl sites for hydroxylation is 1. The number of aliphatic imine (C=N–C) groups is 1. The van der Waals surface area contributed by atoms with E-state index in [0.29, 0.717) is 6.54 Å². The van der Waals surface area contributed by atoms with Crippen molar-refractivity contribution in [1.82, 2.24) is 14.8 Å². The maximum absolute atomic E-state index is 4.77. The van der Waals surface area contributed by atoms with Crippen LogP contribution in [0.1, 0.15) is 36.2 Å². The number of nitrogens with zero attached hydrogens (tertiary/aromatic N) is 4. The standard InChI is InChI=1S/C20H21N5/c1-13-17-10-15(23-20-16-6-3-9-21-18(16)11-22-20)7-8-19(17)25(24-13)12-14-4-2-5-14/h3,6-10,14H,2,4-5,11-12H2,1H3,(H,22,23). The zero-order chi connectivity index (χ0) is 16.8. The number of anilines is 1. The van der Waals surface area contributed by atoms with Crippen LogP contribution in [0.4, 0.5) is 5.69 Å². The summed E-state index contributed by atoms with van der Waals surface area (Å²) < 4.78 is 2.19. The Bertz CT molecular complexity index is 981. The summed E-state index contributed by atoms with van der Waals surface area (Å²) in [7, 11) is 0. The molecule has 0 saturated heterocycles. The molecular formula is C20H21N5. The number of aromatic nitrogens is 3. The van der Waals surface area contributed by atoms with Crippen molar-refractivity contribution in [2.75, 3.05) is 5.32 Å². The molecule has 1 saturated carbocycles. The summed E-state index contributed by atoms with van der Waals surface area (Å²) in [5, 5.41) is 9.45. The van der Waals surface area contributed by atoms with Gasteiger partial charge in [-0.1, -0.05) is 6.42 Å². The second kappa shape index (κ2) is 5.69. The van der Waals surface area contributed by atoms with E-state index in [1.807, 2.05) is 12.3 Å². The van der Waals surface area contributed by atoms with Crippen LogP contribution in [0, 0.1) is 12.8 Å². The SMILES string of the molecule is Cc1nn(CC2CCC2)c2ccc(NC3=NCc4ncccc43)cc12. The molecule has 0 atom stereocenters. The van der Waals surface area contributed by atoms with E-state index in [-0.39, 0.29) is 0 Å². The molecule has 0 amide bonds. The second-order valence-corrected chi connectivity index (χ2v) is 7.08. The molecular weight excluding hydrogens is 310 g/mol. The van der Waals surface area contributed by atoms with Crippen LogP contribution in [0.15, 0.2) is 41.5 Å². The van der Waals surface area contributed by atoms with E-state index in [1.54, 1.807) is 0 Å². The van der Waals surface area contributed by atoms with E-state index in [1.165, 1.54) is 30.2 Å². The van der Waals surface area contributed by atoms with Gasteiger partial charge in [-0.3, -0.25) is 14.7 Å². The zero-order valence-corrected chi connectivity index (χ0v) is 14.4. The van der Waals surface area contributed by atoms with Gasteiger partial charge < -0.3 is 5.32 Å². The Kier molecular flexibility index (Phi) is 3.33. The highest BCUT2D eigenvalue weighted by atomic mass is 15.3. The molecule has 3 heterocycles. The molecule has 3 aromatic rings. The fourth-order valence-electron chi connectivity index (χ4n) is 3.74. The molecule has 1 N–H and O–H groups in total. The van der Waals surface area contributed by atoms with Gasteiger partial charge in [-0.05, 0) is 56.0 Å². The third-order valence-corrected chi connectivity index (χ3v) is 5.39. The molecule has 1 fully saturated rings. The maximum atomic E-state index is 4.77. The van der Waals surface area contributed by atoms with Crippen molar-refractivity contribution in [3.05, 3.63) is 53.5 Å².